The average Bonchev–Trinajstić information content (AvgIpc) is 1.65. The molecule has 0 radical (unpaired) electrons. The van der Waals surface area contributed by atoms with E-state index in [-0.39, 0.29) is 6.10 Å². The van der Waals surface area contributed by atoms with Gasteiger partial charge in [0, 0.05) is 6.92 Å². The minimum atomic E-state index is -0.833. The van der Waals surface area contributed by atoms with E-state index >= 15 is 0 Å². The van der Waals surface area contributed by atoms with Crippen LogP contribution in [0.2, 0.25) is 0 Å². The van der Waals surface area contributed by atoms with Crippen LogP contribution in [0.25, 0.3) is 0 Å². The van der Waals surface area contributed by atoms with Gasteiger partial charge in [0.25, 0.3) is 5.97 Å². The largest absolute Gasteiger partial charge is 0.481 e. The van der Waals surface area contributed by atoms with Crippen LogP contribution in [0.1, 0.15) is 13.8 Å². The number of aliphatic hydroxyl groups is 1. The van der Waals surface area contributed by atoms with Crippen molar-refractivity contribution in [1.29, 1.82) is 0 Å². The molecule has 0 aliphatic rings. The molecule has 0 aromatic rings. The lowest BCUT2D eigenvalue weighted by molar-refractivity contribution is -0.134. The molecule has 0 heterocycles. The number of carboxylic acid groups (broad SMARTS) is 1. The van der Waals surface area contributed by atoms with E-state index in [0.717, 1.165) is 6.92 Å². The van der Waals surface area contributed by atoms with E-state index in [1.807, 2.05) is 0 Å². The number of rotatable bonds is 1. The standard InChI is InChI=1S/C4H8O.C2H4O2/c1-3-4(2)5;1-2(3)4/h3-5H,1H2,2H3;1H3,(H,3,4)/t4-;/m0./s1. The molecule has 0 fully saturated rings. The number of aliphatic hydroxyl groups excluding tert-OH is 1. The SMILES string of the molecule is C=C[C@H](C)O.CC(=O)O. The molecule has 0 saturated heterocycles. The van der Waals surface area contributed by atoms with Crippen molar-refractivity contribution >= 4 is 5.97 Å². The molecule has 0 rings (SSSR count). The van der Waals surface area contributed by atoms with E-state index < -0.39 is 5.97 Å². The molecular weight excluding hydrogens is 120 g/mol. The molecule has 0 aromatic carbocycles. The summed E-state index contributed by atoms with van der Waals surface area (Å²) in [6.45, 7) is 6.05. The molecule has 3 nitrogen and oxygen atoms in total. The Hall–Kier alpha value is -0.830. The predicted molar refractivity (Wildman–Crippen MR) is 35.2 cm³/mol. The van der Waals surface area contributed by atoms with Crippen molar-refractivity contribution in [2.24, 2.45) is 0 Å². The molecule has 9 heavy (non-hydrogen) atoms. The van der Waals surface area contributed by atoms with Crippen molar-refractivity contribution < 1.29 is 15.0 Å². The maximum atomic E-state index is 9.00. The first-order valence-corrected chi connectivity index (χ1v) is 2.50. The fraction of sp³-hybridized carbons (Fsp3) is 0.500. The average molecular weight is 132 g/mol. The lowest BCUT2D eigenvalue weighted by Crippen LogP contribution is -1.88. The van der Waals surface area contributed by atoms with Gasteiger partial charge in [-0.15, -0.1) is 6.58 Å². The van der Waals surface area contributed by atoms with Crippen LogP contribution >= 0.6 is 0 Å². The molecule has 0 aliphatic heterocycles. The number of aliphatic carboxylic acids is 1. The van der Waals surface area contributed by atoms with E-state index in [1.54, 1.807) is 6.92 Å². The first kappa shape index (κ1) is 11.0. The van der Waals surface area contributed by atoms with E-state index in [2.05, 4.69) is 6.58 Å². The minimum absolute atomic E-state index is 0.352. The third-order valence-corrected chi connectivity index (χ3v) is 0.341. The van der Waals surface area contributed by atoms with Crippen LogP contribution in [-0.4, -0.2) is 22.3 Å². The van der Waals surface area contributed by atoms with Crippen LogP contribution < -0.4 is 0 Å². The summed E-state index contributed by atoms with van der Waals surface area (Å²) in [5, 5.41) is 15.7. The maximum Gasteiger partial charge on any atom is 0.300 e. The van der Waals surface area contributed by atoms with E-state index in [1.165, 1.54) is 6.08 Å². The lowest BCUT2D eigenvalue weighted by atomic mass is 10.4. The molecular formula is C6H12O3. The molecule has 0 saturated carbocycles. The van der Waals surface area contributed by atoms with Crippen molar-refractivity contribution in [1.82, 2.24) is 0 Å². The zero-order valence-electron chi connectivity index (χ0n) is 5.66. The molecule has 0 spiro atoms. The predicted octanol–water partition coefficient (Wildman–Crippen LogP) is 0.644. The Bertz CT molecular complexity index is 82.3. The van der Waals surface area contributed by atoms with Crippen molar-refractivity contribution in [3.8, 4) is 0 Å². The minimum Gasteiger partial charge on any atom is -0.481 e. The summed E-state index contributed by atoms with van der Waals surface area (Å²) in [7, 11) is 0. The van der Waals surface area contributed by atoms with Gasteiger partial charge in [-0.3, -0.25) is 4.79 Å². The van der Waals surface area contributed by atoms with Crippen molar-refractivity contribution in [2.45, 2.75) is 20.0 Å². The van der Waals surface area contributed by atoms with Crippen molar-refractivity contribution in [3.63, 3.8) is 0 Å². The van der Waals surface area contributed by atoms with Gasteiger partial charge in [-0.2, -0.15) is 0 Å². The first-order chi connectivity index (χ1) is 4.00. The van der Waals surface area contributed by atoms with Gasteiger partial charge in [0.15, 0.2) is 0 Å². The second kappa shape index (κ2) is 7.17. The van der Waals surface area contributed by atoms with Gasteiger partial charge in [-0.05, 0) is 6.92 Å². The molecule has 0 aliphatic carbocycles. The third-order valence-electron chi connectivity index (χ3n) is 0.341. The smallest absolute Gasteiger partial charge is 0.300 e. The van der Waals surface area contributed by atoms with Gasteiger partial charge in [-0.1, -0.05) is 6.08 Å². The van der Waals surface area contributed by atoms with Gasteiger partial charge in [0.1, 0.15) is 0 Å². The Morgan fingerprint density at radius 3 is 1.89 bits per heavy atom. The summed E-state index contributed by atoms with van der Waals surface area (Å²) in [5.41, 5.74) is 0. The molecule has 54 valence electrons. The topological polar surface area (TPSA) is 57.5 Å². The number of carbonyl (C=O) groups is 1. The summed E-state index contributed by atoms with van der Waals surface area (Å²) >= 11 is 0. The zero-order valence-corrected chi connectivity index (χ0v) is 5.66. The number of carboxylic acids is 1. The molecule has 3 heteroatoms. The molecule has 1 atom stereocenters. The first-order valence-electron chi connectivity index (χ1n) is 2.50. The molecule has 2 N–H and O–H groups in total. The molecule has 0 unspecified atom stereocenters. The van der Waals surface area contributed by atoms with Crippen molar-refractivity contribution in [3.05, 3.63) is 12.7 Å². The molecule has 0 amide bonds. The van der Waals surface area contributed by atoms with Crippen LogP contribution in [0.5, 0.6) is 0 Å². The quantitative estimate of drug-likeness (QED) is 0.515. The van der Waals surface area contributed by atoms with E-state index in [9.17, 15) is 0 Å². The van der Waals surface area contributed by atoms with E-state index in [0.29, 0.717) is 0 Å². The van der Waals surface area contributed by atoms with E-state index in [4.69, 9.17) is 15.0 Å². The van der Waals surface area contributed by atoms with Gasteiger partial charge < -0.3 is 10.2 Å². The number of hydrogen-bond acceptors (Lipinski definition) is 2. The van der Waals surface area contributed by atoms with Gasteiger partial charge in [0.05, 0.1) is 6.10 Å². The van der Waals surface area contributed by atoms with Gasteiger partial charge in [-0.25, -0.2) is 0 Å². The van der Waals surface area contributed by atoms with Crippen molar-refractivity contribution in [2.75, 3.05) is 0 Å². The summed E-state index contributed by atoms with van der Waals surface area (Å²) < 4.78 is 0. The Morgan fingerprint density at radius 1 is 1.78 bits per heavy atom. The fourth-order valence-electron chi connectivity index (χ4n) is 0. The Labute approximate surface area is 54.6 Å². The van der Waals surface area contributed by atoms with Crippen LogP contribution in [0.4, 0.5) is 0 Å². The summed E-state index contributed by atoms with van der Waals surface area (Å²) in [4.78, 5) is 9.00. The highest BCUT2D eigenvalue weighted by atomic mass is 16.4. The summed E-state index contributed by atoms with van der Waals surface area (Å²) in [6, 6.07) is 0. The molecule has 0 bridgehead atoms. The van der Waals surface area contributed by atoms with Gasteiger partial charge >= 0.3 is 0 Å². The highest BCUT2D eigenvalue weighted by Crippen LogP contribution is 1.73. The second-order valence-corrected chi connectivity index (χ2v) is 1.50. The summed E-state index contributed by atoms with van der Waals surface area (Å²) in [6.07, 6.45) is 1.12. The third kappa shape index (κ3) is 140. The highest BCUT2D eigenvalue weighted by Gasteiger charge is 1.75. The Morgan fingerprint density at radius 2 is 1.89 bits per heavy atom. The molecule has 0 aromatic heterocycles. The Balaban J connectivity index is 0. The van der Waals surface area contributed by atoms with Gasteiger partial charge in [0.2, 0.25) is 0 Å². The van der Waals surface area contributed by atoms with Crippen LogP contribution in [0, 0.1) is 0 Å². The fourth-order valence-corrected chi connectivity index (χ4v) is 0. The second-order valence-electron chi connectivity index (χ2n) is 1.50. The number of hydrogen-bond donors (Lipinski definition) is 2. The van der Waals surface area contributed by atoms with Crippen LogP contribution in [0.15, 0.2) is 12.7 Å². The Kier molecular flexibility index (Phi) is 8.79. The lowest BCUT2D eigenvalue weighted by Gasteiger charge is -1.84. The maximum absolute atomic E-state index is 9.00. The normalized spacial score (nSPS) is 10.6. The summed E-state index contributed by atoms with van der Waals surface area (Å²) in [5.74, 6) is -0.833. The van der Waals surface area contributed by atoms with Crippen LogP contribution in [-0.2, 0) is 4.79 Å². The highest BCUT2D eigenvalue weighted by molar-refractivity contribution is 5.62. The van der Waals surface area contributed by atoms with Crippen LogP contribution in [0.3, 0.4) is 0 Å². The monoisotopic (exact) mass is 132 g/mol. The zero-order chi connectivity index (χ0) is 7.86.